The second-order valence-electron chi connectivity index (χ2n) is 6.93. The number of ether oxygens (including phenoxy) is 2. The number of anilines is 2. The Bertz CT molecular complexity index is 1160. The fourth-order valence-corrected chi connectivity index (χ4v) is 3.56. The average Bonchev–Trinajstić information content (AvgIpc) is 3.24. The number of hydrogen-bond acceptors (Lipinski definition) is 7. The molecule has 1 N–H and O–H groups in total. The van der Waals surface area contributed by atoms with Crippen molar-refractivity contribution in [1.29, 1.82) is 0 Å². The molecule has 1 saturated heterocycles. The summed E-state index contributed by atoms with van der Waals surface area (Å²) in [5, 5.41) is 3.76. The molecule has 11 heteroatoms. The first-order valence-electron chi connectivity index (χ1n) is 9.63. The third-order valence-electron chi connectivity index (χ3n) is 4.83. The Morgan fingerprint density at radius 1 is 1.31 bits per heavy atom. The Morgan fingerprint density at radius 3 is 2.91 bits per heavy atom. The minimum absolute atomic E-state index is 0.0270. The fourth-order valence-electron chi connectivity index (χ4n) is 3.34. The van der Waals surface area contributed by atoms with E-state index in [1.54, 1.807) is 23.2 Å². The maximum absolute atomic E-state index is 12.4. The summed E-state index contributed by atoms with van der Waals surface area (Å²) in [6.07, 6.45) is 4.71. The van der Waals surface area contributed by atoms with E-state index in [4.69, 9.17) is 16.3 Å². The molecule has 4 rings (SSSR count). The largest absolute Gasteiger partial charge is 0.472 e. The molecule has 1 aliphatic heterocycles. The quantitative estimate of drug-likeness (QED) is 0.528. The van der Waals surface area contributed by atoms with Crippen LogP contribution in [0.5, 0.6) is 11.6 Å². The van der Waals surface area contributed by atoms with Gasteiger partial charge in [-0.15, -0.1) is 0 Å². The number of nitrogens with one attached hydrogen (secondary N) is 1. The van der Waals surface area contributed by atoms with Gasteiger partial charge >= 0.3 is 6.61 Å². The van der Waals surface area contributed by atoms with Crippen LogP contribution in [-0.2, 0) is 4.79 Å². The van der Waals surface area contributed by atoms with Crippen molar-refractivity contribution in [2.75, 3.05) is 18.4 Å². The predicted molar refractivity (Wildman–Crippen MR) is 115 cm³/mol. The highest BCUT2D eigenvalue weighted by atomic mass is 35.5. The summed E-state index contributed by atoms with van der Waals surface area (Å²) in [4.78, 5) is 26.2. The second kappa shape index (κ2) is 9.31. The van der Waals surface area contributed by atoms with E-state index in [0.717, 1.165) is 0 Å². The summed E-state index contributed by atoms with van der Waals surface area (Å²) in [5.74, 6) is 0.564. The number of aromatic nitrogens is 3. The van der Waals surface area contributed by atoms with Gasteiger partial charge in [0, 0.05) is 30.1 Å². The molecule has 1 aromatic carbocycles. The molecule has 0 unspecified atom stereocenters. The van der Waals surface area contributed by atoms with Crippen LogP contribution in [-0.4, -0.2) is 51.6 Å². The van der Waals surface area contributed by atoms with Crippen molar-refractivity contribution < 1.29 is 23.0 Å². The summed E-state index contributed by atoms with van der Waals surface area (Å²) < 4.78 is 35.2. The topological polar surface area (TPSA) is 89.5 Å². The van der Waals surface area contributed by atoms with E-state index in [9.17, 15) is 13.6 Å². The van der Waals surface area contributed by atoms with E-state index in [1.165, 1.54) is 24.5 Å². The zero-order valence-electron chi connectivity index (χ0n) is 16.7. The summed E-state index contributed by atoms with van der Waals surface area (Å²) in [7, 11) is 0. The number of hydrogen-bond donors (Lipinski definition) is 1. The van der Waals surface area contributed by atoms with E-state index in [1.807, 2.05) is 0 Å². The monoisotopic (exact) mass is 461 g/mol. The number of likely N-dealkylation sites (tertiary alicyclic amines) is 1. The predicted octanol–water partition coefficient (Wildman–Crippen LogP) is 4.19. The molecule has 32 heavy (non-hydrogen) atoms. The van der Waals surface area contributed by atoms with Gasteiger partial charge in [0.15, 0.2) is 0 Å². The highest BCUT2D eigenvalue weighted by Crippen LogP contribution is 2.32. The van der Waals surface area contributed by atoms with Gasteiger partial charge in [0.1, 0.15) is 24.0 Å². The molecule has 1 amide bonds. The van der Waals surface area contributed by atoms with Gasteiger partial charge in [0.05, 0.1) is 23.3 Å². The summed E-state index contributed by atoms with van der Waals surface area (Å²) in [6, 6.07) is 6.04. The molecule has 3 heterocycles. The number of carbonyl (C=O) groups excluding carboxylic acids is 1. The van der Waals surface area contributed by atoms with Crippen molar-refractivity contribution in [3.63, 3.8) is 0 Å². The molecule has 0 saturated carbocycles. The minimum Gasteiger partial charge on any atom is -0.472 e. The first-order valence-corrected chi connectivity index (χ1v) is 10.0. The Hall–Kier alpha value is -3.53. The Balaban J connectivity index is 1.54. The second-order valence-corrected chi connectivity index (χ2v) is 7.33. The zero-order chi connectivity index (χ0) is 22.7. The Kier molecular flexibility index (Phi) is 6.31. The molecule has 0 bridgehead atoms. The van der Waals surface area contributed by atoms with Crippen LogP contribution < -0.4 is 14.8 Å². The lowest BCUT2D eigenvalue weighted by Gasteiger charge is -2.16. The van der Waals surface area contributed by atoms with Gasteiger partial charge in [-0.1, -0.05) is 18.2 Å². The van der Waals surface area contributed by atoms with E-state index >= 15 is 0 Å². The first-order chi connectivity index (χ1) is 15.4. The standard InChI is InChI=1S/C21H18ClF2N5O3/c1-2-19(30)29-6-5-13(10-29)31-18-8-14-16(9-25-18)26-11-27-20(14)28-12-3-4-17(15(22)7-12)32-21(23)24/h2-4,7-9,11,13,21H,1,5-6,10H2,(H,26,27,28)/t13-/m0/s1. The van der Waals surface area contributed by atoms with Crippen LogP contribution in [0.1, 0.15) is 6.42 Å². The molecule has 3 aromatic rings. The average molecular weight is 462 g/mol. The van der Waals surface area contributed by atoms with Crippen LogP contribution in [0.4, 0.5) is 20.3 Å². The van der Waals surface area contributed by atoms with Crippen LogP contribution in [0.3, 0.4) is 0 Å². The van der Waals surface area contributed by atoms with Crippen LogP contribution in [0, 0.1) is 0 Å². The van der Waals surface area contributed by atoms with Gasteiger partial charge in [-0.25, -0.2) is 15.0 Å². The molecule has 0 aliphatic carbocycles. The summed E-state index contributed by atoms with van der Waals surface area (Å²) in [6.45, 7) is 1.57. The smallest absolute Gasteiger partial charge is 0.387 e. The SMILES string of the molecule is C=CC(=O)N1CC[C@H](Oc2cc3c(Nc4ccc(OC(F)F)c(Cl)c4)ncnc3cn2)C1. The molecular formula is C21H18ClF2N5O3. The normalized spacial score (nSPS) is 15.8. The lowest BCUT2D eigenvalue weighted by Crippen LogP contribution is -2.29. The van der Waals surface area contributed by atoms with E-state index < -0.39 is 6.61 Å². The summed E-state index contributed by atoms with van der Waals surface area (Å²) in [5.41, 5.74) is 1.10. The van der Waals surface area contributed by atoms with Gasteiger partial charge in [-0.2, -0.15) is 8.78 Å². The number of alkyl halides is 2. The molecule has 2 aromatic heterocycles. The van der Waals surface area contributed by atoms with Gasteiger partial charge < -0.3 is 19.7 Å². The number of amides is 1. The number of halogens is 3. The van der Waals surface area contributed by atoms with Crippen molar-refractivity contribution in [2.24, 2.45) is 0 Å². The number of nitrogens with zero attached hydrogens (tertiary/aromatic N) is 4. The van der Waals surface area contributed by atoms with E-state index in [-0.39, 0.29) is 22.8 Å². The molecule has 166 valence electrons. The lowest BCUT2D eigenvalue weighted by molar-refractivity contribution is -0.125. The van der Waals surface area contributed by atoms with Crippen LogP contribution >= 0.6 is 11.6 Å². The Morgan fingerprint density at radius 2 is 2.16 bits per heavy atom. The molecule has 0 radical (unpaired) electrons. The van der Waals surface area contributed by atoms with Crippen molar-refractivity contribution >= 4 is 39.9 Å². The highest BCUT2D eigenvalue weighted by Gasteiger charge is 2.26. The van der Waals surface area contributed by atoms with Crippen molar-refractivity contribution in [2.45, 2.75) is 19.1 Å². The van der Waals surface area contributed by atoms with Crippen LogP contribution in [0.15, 0.2) is 49.4 Å². The van der Waals surface area contributed by atoms with Crippen LogP contribution in [0.25, 0.3) is 10.9 Å². The van der Waals surface area contributed by atoms with E-state index in [0.29, 0.717) is 47.8 Å². The maximum Gasteiger partial charge on any atom is 0.387 e. The number of benzene rings is 1. The molecule has 1 aliphatic rings. The van der Waals surface area contributed by atoms with E-state index in [2.05, 4.69) is 31.6 Å². The summed E-state index contributed by atoms with van der Waals surface area (Å²) >= 11 is 6.03. The van der Waals surface area contributed by atoms with Crippen molar-refractivity contribution in [3.05, 3.63) is 54.5 Å². The van der Waals surface area contributed by atoms with Crippen molar-refractivity contribution in [3.8, 4) is 11.6 Å². The number of carbonyl (C=O) groups is 1. The molecular weight excluding hydrogens is 444 g/mol. The molecule has 1 fully saturated rings. The first kappa shape index (κ1) is 21.7. The minimum atomic E-state index is -2.97. The zero-order valence-corrected chi connectivity index (χ0v) is 17.4. The number of rotatable bonds is 7. The van der Waals surface area contributed by atoms with Gasteiger partial charge in [-0.05, 0) is 24.3 Å². The lowest BCUT2D eigenvalue weighted by atomic mass is 10.2. The van der Waals surface area contributed by atoms with Gasteiger partial charge in [-0.3, -0.25) is 4.79 Å². The molecule has 1 atom stereocenters. The fraction of sp³-hybridized carbons (Fsp3) is 0.238. The van der Waals surface area contributed by atoms with Gasteiger partial charge in [0.25, 0.3) is 0 Å². The maximum atomic E-state index is 12.4. The van der Waals surface area contributed by atoms with Crippen LogP contribution in [0.2, 0.25) is 5.02 Å². The molecule has 8 nitrogen and oxygen atoms in total. The number of pyridine rings is 1. The van der Waals surface area contributed by atoms with Gasteiger partial charge in [0.2, 0.25) is 11.8 Å². The van der Waals surface area contributed by atoms with Crippen molar-refractivity contribution in [1.82, 2.24) is 19.9 Å². The number of fused-ring (bicyclic) bond motifs is 1. The third-order valence-corrected chi connectivity index (χ3v) is 5.12. The highest BCUT2D eigenvalue weighted by molar-refractivity contribution is 6.32. The Labute approximate surface area is 186 Å². The molecule has 0 spiro atoms. The third kappa shape index (κ3) is 4.86.